The monoisotopic (exact) mass is 298 g/mol. The summed E-state index contributed by atoms with van der Waals surface area (Å²) in [5.41, 5.74) is 8.01. The van der Waals surface area contributed by atoms with Crippen LogP contribution in [0.25, 0.3) is 0 Å². The van der Waals surface area contributed by atoms with Crippen LogP contribution in [0, 0.1) is 0 Å². The van der Waals surface area contributed by atoms with E-state index in [1.165, 1.54) is 0 Å². The second kappa shape index (κ2) is 5.67. The SMILES string of the molecule is COc1cccc(Cn2cc(C(N)=O)c(=O)c3c2CCC3)c1. The average Bonchev–Trinajstić information content (AvgIpc) is 3.00. The van der Waals surface area contributed by atoms with Gasteiger partial charge in [0.1, 0.15) is 11.3 Å². The lowest BCUT2D eigenvalue weighted by Gasteiger charge is -2.15. The van der Waals surface area contributed by atoms with Crippen LogP contribution >= 0.6 is 0 Å². The summed E-state index contributed by atoms with van der Waals surface area (Å²) in [5.74, 6) is 0.115. The molecular formula is C17H18N2O3. The number of ether oxygens (including phenoxy) is 1. The molecule has 2 aromatic rings. The number of benzene rings is 1. The predicted molar refractivity (Wildman–Crippen MR) is 83.3 cm³/mol. The quantitative estimate of drug-likeness (QED) is 0.929. The van der Waals surface area contributed by atoms with Gasteiger partial charge in [-0.05, 0) is 37.0 Å². The standard InChI is InChI=1S/C17H18N2O3/c1-22-12-5-2-4-11(8-12)9-19-10-14(17(18)21)16(20)13-6-3-7-15(13)19/h2,4-5,8,10H,3,6-7,9H2,1H3,(H2,18,21). The smallest absolute Gasteiger partial charge is 0.254 e. The highest BCUT2D eigenvalue weighted by atomic mass is 16.5. The maximum atomic E-state index is 12.3. The van der Waals surface area contributed by atoms with E-state index in [4.69, 9.17) is 10.5 Å². The van der Waals surface area contributed by atoms with Crippen LogP contribution in [0.15, 0.2) is 35.3 Å². The third-order valence-corrected chi connectivity index (χ3v) is 4.09. The zero-order chi connectivity index (χ0) is 15.7. The van der Waals surface area contributed by atoms with Crippen LogP contribution < -0.4 is 15.9 Å². The van der Waals surface area contributed by atoms with Crippen molar-refractivity contribution in [1.29, 1.82) is 0 Å². The van der Waals surface area contributed by atoms with Crippen molar-refractivity contribution in [3.63, 3.8) is 0 Å². The number of hydrogen-bond acceptors (Lipinski definition) is 3. The number of hydrogen-bond donors (Lipinski definition) is 1. The molecule has 1 aliphatic carbocycles. The number of pyridine rings is 1. The van der Waals surface area contributed by atoms with Gasteiger partial charge in [-0.25, -0.2) is 0 Å². The van der Waals surface area contributed by atoms with Gasteiger partial charge in [-0.15, -0.1) is 0 Å². The molecule has 1 aromatic carbocycles. The first-order valence-electron chi connectivity index (χ1n) is 7.28. The van der Waals surface area contributed by atoms with Gasteiger partial charge in [-0.3, -0.25) is 9.59 Å². The van der Waals surface area contributed by atoms with E-state index in [0.717, 1.165) is 35.4 Å². The number of primary amides is 1. The molecule has 2 N–H and O–H groups in total. The second-order valence-electron chi connectivity index (χ2n) is 5.49. The molecule has 0 unspecified atom stereocenters. The molecule has 0 fully saturated rings. The van der Waals surface area contributed by atoms with E-state index in [9.17, 15) is 9.59 Å². The third kappa shape index (κ3) is 2.50. The fourth-order valence-corrected chi connectivity index (χ4v) is 3.03. The Kier molecular flexibility index (Phi) is 3.71. The van der Waals surface area contributed by atoms with Crippen LogP contribution in [0.1, 0.15) is 33.6 Å². The van der Waals surface area contributed by atoms with E-state index < -0.39 is 5.91 Å². The number of methoxy groups -OCH3 is 1. The van der Waals surface area contributed by atoms with E-state index in [-0.39, 0.29) is 11.0 Å². The minimum Gasteiger partial charge on any atom is -0.497 e. The molecule has 0 saturated heterocycles. The maximum absolute atomic E-state index is 12.3. The average molecular weight is 298 g/mol. The molecule has 114 valence electrons. The summed E-state index contributed by atoms with van der Waals surface area (Å²) in [7, 11) is 1.63. The molecule has 0 saturated carbocycles. The summed E-state index contributed by atoms with van der Waals surface area (Å²) in [6.45, 7) is 0.583. The number of fused-ring (bicyclic) bond motifs is 1. The Hall–Kier alpha value is -2.56. The lowest BCUT2D eigenvalue weighted by atomic mass is 10.1. The van der Waals surface area contributed by atoms with Crippen LogP contribution in [0.2, 0.25) is 0 Å². The molecule has 3 rings (SSSR count). The molecule has 0 atom stereocenters. The first-order valence-corrected chi connectivity index (χ1v) is 7.28. The van der Waals surface area contributed by atoms with Crippen LogP contribution in [-0.2, 0) is 19.4 Å². The van der Waals surface area contributed by atoms with Gasteiger partial charge in [0.05, 0.1) is 7.11 Å². The van der Waals surface area contributed by atoms with E-state index in [1.807, 2.05) is 28.8 Å². The lowest BCUT2D eigenvalue weighted by molar-refractivity contribution is 0.0998. The Bertz CT molecular complexity index is 793. The molecule has 5 heteroatoms. The van der Waals surface area contributed by atoms with E-state index in [2.05, 4.69) is 0 Å². The summed E-state index contributed by atoms with van der Waals surface area (Å²) in [5, 5.41) is 0. The molecule has 0 aliphatic heterocycles. The Morgan fingerprint density at radius 3 is 2.91 bits per heavy atom. The number of carbonyl (C=O) groups is 1. The van der Waals surface area contributed by atoms with Gasteiger partial charge in [-0.1, -0.05) is 12.1 Å². The van der Waals surface area contributed by atoms with Gasteiger partial charge >= 0.3 is 0 Å². The molecule has 0 spiro atoms. The van der Waals surface area contributed by atoms with Crippen LogP contribution in [0.3, 0.4) is 0 Å². The first-order chi connectivity index (χ1) is 10.6. The molecule has 5 nitrogen and oxygen atoms in total. The van der Waals surface area contributed by atoms with Crippen LogP contribution in [0.5, 0.6) is 5.75 Å². The van der Waals surface area contributed by atoms with Crippen molar-refractivity contribution in [2.45, 2.75) is 25.8 Å². The predicted octanol–water partition coefficient (Wildman–Crippen LogP) is 1.49. The summed E-state index contributed by atoms with van der Waals surface area (Å²) in [6.07, 6.45) is 4.10. The van der Waals surface area contributed by atoms with Crippen molar-refractivity contribution in [2.24, 2.45) is 5.73 Å². The molecular weight excluding hydrogens is 280 g/mol. The lowest BCUT2D eigenvalue weighted by Crippen LogP contribution is -2.27. The van der Waals surface area contributed by atoms with Crippen LogP contribution in [-0.4, -0.2) is 17.6 Å². The Labute approximate surface area is 128 Å². The Morgan fingerprint density at radius 2 is 2.18 bits per heavy atom. The van der Waals surface area contributed by atoms with Gasteiger partial charge in [0, 0.05) is 24.0 Å². The number of nitrogens with two attached hydrogens (primary N) is 1. The maximum Gasteiger partial charge on any atom is 0.254 e. The van der Waals surface area contributed by atoms with Gasteiger partial charge < -0.3 is 15.0 Å². The summed E-state index contributed by atoms with van der Waals surface area (Å²) >= 11 is 0. The highest BCUT2D eigenvalue weighted by molar-refractivity contribution is 5.92. The third-order valence-electron chi connectivity index (χ3n) is 4.09. The van der Waals surface area contributed by atoms with E-state index >= 15 is 0 Å². The van der Waals surface area contributed by atoms with Crippen LogP contribution in [0.4, 0.5) is 0 Å². The van der Waals surface area contributed by atoms with Crippen molar-refractivity contribution in [3.05, 3.63) is 63.1 Å². The zero-order valence-corrected chi connectivity index (χ0v) is 12.5. The van der Waals surface area contributed by atoms with Crippen molar-refractivity contribution in [1.82, 2.24) is 4.57 Å². The molecule has 1 heterocycles. The number of aromatic nitrogens is 1. The number of carbonyl (C=O) groups excluding carboxylic acids is 1. The normalized spacial score (nSPS) is 13.0. The molecule has 1 aromatic heterocycles. The number of rotatable bonds is 4. The minimum absolute atomic E-state index is 0.0727. The molecule has 22 heavy (non-hydrogen) atoms. The van der Waals surface area contributed by atoms with Crippen molar-refractivity contribution in [3.8, 4) is 5.75 Å². The van der Waals surface area contributed by atoms with Crippen molar-refractivity contribution in [2.75, 3.05) is 7.11 Å². The number of nitrogens with zero attached hydrogens (tertiary/aromatic N) is 1. The van der Waals surface area contributed by atoms with Gasteiger partial charge in [0.15, 0.2) is 5.43 Å². The van der Waals surface area contributed by atoms with Gasteiger partial charge in [0.2, 0.25) is 0 Å². The zero-order valence-electron chi connectivity index (χ0n) is 12.5. The Morgan fingerprint density at radius 1 is 1.36 bits per heavy atom. The molecule has 1 amide bonds. The fourth-order valence-electron chi connectivity index (χ4n) is 3.03. The molecule has 0 radical (unpaired) electrons. The summed E-state index contributed by atoms with van der Waals surface area (Å²) in [4.78, 5) is 23.8. The topological polar surface area (TPSA) is 74.3 Å². The van der Waals surface area contributed by atoms with Crippen molar-refractivity contribution >= 4 is 5.91 Å². The highest BCUT2D eigenvalue weighted by Crippen LogP contribution is 2.21. The first kappa shape index (κ1) is 14.4. The summed E-state index contributed by atoms with van der Waals surface area (Å²) < 4.78 is 7.20. The summed E-state index contributed by atoms with van der Waals surface area (Å²) in [6, 6.07) is 7.75. The largest absolute Gasteiger partial charge is 0.497 e. The molecule has 0 bridgehead atoms. The van der Waals surface area contributed by atoms with Gasteiger partial charge in [0.25, 0.3) is 5.91 Å². The molecule has 1 aliphatic rings. The second-order valence-corrected chi connectivity index (χ2v) is 5.49. The van der Waals surface area contributed by atoms with E-state index in [1.54, 1.807) is 13.3 Å². The van der Waals surface area contributed by atoms with E-state index in [0.29, 0.717) is 13.0 Å². The fraction of sp³-hybridized carbons (Fsp3) is 0.294. The number of amides is 1. The minimum atomic E-state index is -0.668. The van der Waals surface area contributed by atoms with Crippen molar-refractivity contribution < 1.29 is 9.53 Å². The highest BCUT2D eigenvalue weighted by Gasteiger charge is 2.22. The Balaban J connectivity index is 2.07. The van der Waals surface area contributed by atoms with Gasteiger partial charge in [-0.2, -0.15) is 0 Å².